The number of nitrogen functional groups attached to an aromatic ring is 1. The van der Waals surface area contributed by atoms with Crippen molar-refractivity contribution in [2.75, 3.05) is 24.3 Å². The number of nitrogens with one attached hydrogen (secondary N) is 3. The van der Waals surface area contributed by atoms with E-state index in [0.29, 0.717) is 40.6 Å². The number of aromatic nitrogens is 2. The van der Waals surface area contributed by atoms with E-state index >= 15 is 4.39 Å². The molecule has 1 fully saturated rings. The van der Waals surface area contributed by atoms with E-state index in [1.54, 1.807) is 18.5 Å². The van der Waals surface area contributed by atoms with Gasteiger partial charge in [0.05, 0.1) is 23.9 Å². The van der Waals surface area contributed by atoms with Crippen LogP contribution in [0.15, 0.2) is 30.9 Å². The van der Waals surface area contributed by atoms with Crippen LogP contribution in [-0.4, -0.2) is 23.2 Å². The Labute approximate surface area is 212 Å². The number of halogens is 1. The van der Waals surface area contributed by atoms with Gasteiger partial charge in [0.15, 0.2) is 0 Å². The minimum absolute atomic E-state index is 0.150. The molecule has 35 heavy (non-hydrogen) atoms. The van der Waals surface area contributed by atoms with Crippen molar-refractivity contribution in [2.24, 2.45) is 0 Å². The molecule has 0 atom stereocenters. The number of benzene rings is 1. The van der Waals surface area contributed by atoms with Crippen molar-refractivity contribution in [2.45, 2.75) is 92.4 Å². The molecule has 1 heterocycles. The monoisotopic (exact) mass is 486 g/mol. The minimum atomic E-state index is -0.235. The van der Waals surface area contributed by atoms with E-state index in [2.05, 4.69) is 53.3 Å². The van der Waals surface area contributed by atoms with Gasteiger partial charge in [0.2, 0.25) is 0 Å². The van der Waals surface area contributed by atoms with Gasteiger partial charge in [0, 0.05) is 41.0 Å². The molecule has 3 rings (SSSR count). The van der Waals surface area contributed by atoms with Gasteiger partial charge in [0.1, 0.15) is 11.6 Å². The second-order valence-electron chi connectivity index (χ2n) is 9.18. The smallest absolute Gasteiger partial charge is 0.136 e. The molecular weight excluding hydrogens is 439 g/mol. The summed E-state index contributed by atoms with van der Waals surface area (Å²) in [6.07, 6.45) is 7.52. The molecule has 5 N–H and O–H groups in total. The maximum absolute atomic E-state index is 15.9. The van der Waals surface area contributed by atoms with Crippen LogP contribution in [0, 0.1) is 5.82 Å². The van der Waals surface area contributed by atoms with Gasteiger partial charge in [0.25, 0.3) is 0 Å². The molecule has 6 nitrogen and oxygen atoms in total. The summed E-state index contributed by atoms with van der Waals surface area (Å²) >= 11 is 0. The molecule has 1 saturated carbocycles. The molecule has 7 heteroatoms. The highest BCUT2D eigenvalue weighted by Gasteiger charge is 2.28. The lowest BCUT2D eigenvalue weighted by atomic mass is 9.90. The Morgan fingerprint density at radius 3 is 2.17 bits per heavy atom. The largest absolute Gasteiger partial charge is 0.397 e. The van der Waals surface area contributed by atoms with Gasteiger partial charge >= 0.3 is 0 Å². The molecule has 1 aliphatic carbocycles. The molecule has 2 aromatic rings. The fourth-order valence-electron chi connectivity index (χ4n) is 4.08. The molecule has 196 valence electrons. The number of nitrogens with two attached hydrogens (primary N) is 1. The molecular formula is C28H47FN6. The molecule has 0 amide bonds. The van der Waals surface area contributed by atoms with Gasteiger partial charge in [-0.3, -0.25) is 0 Å². The van der Waals surface area contributed by atoms with Crippen LogP contribution in [0.5, 0.6) is 0 Å². The zero-order valence-electron chi connectivity index (χ0n) is 23.1. The Bertz CT molecular complexity index is 913. The third-order valence-electron chi connectivity index (χ3n) is 5.68. The molecule has 0 unspecified atom stereocenters. The molecule has 1 aromatic heterocycles. The summed E-state index contributed by atoms with van der Waals surface area (Å²) < 4.78 is 15.9. The predicted octanol–water partition coefficient (Wildman–Crippen LogP) is 6.91. The SMILES string of the molecule is C=C(NCC)NCNc1c(N)cc(-c2cnc(C(C)(C)C)nc2)c(F)c1C1CCCC1.CC.CC. The second kappa shape index (κ2) is 14.5. The molecule has 0 spiro atoms. The van der Waals surface area contributed by atoms with Crippen LogP contribution in [-0.2, 0) is 5.41 Å². The molecule has 0 bridgehead atoms. The summed E-state index contributed by atoms with van der Waals surface area (Å²) in [5.74, 6) is 1.35. The van der Waals surface area contributed by atoms with E-state index in [0.717, 1.165) is 38.1 Å². The van der Waals surface area contributed by atoms with E-state index in [4.69, 9.17) is 5.73 Å². The van der Waals surface area contributed by atoms with Crippen LogP contribution in [0.25, 0.3) is 11.1 Å². The van der Waals surface area contributed by atoms with Crippen molar-refractivity contribution in [3.63, 3.8) is 0 Å². The average Bonchev–Trinajstić information content (AvgIpc) is 3.38. The van der Waals surface area contributed by atoms with Gasteiger partial charge in [-0.1, -0.05) is 67.9 Å². The van der Waals surface area contributed by atoms with Crippen LogP contribution in [0.1, 0.15) is 98.4 Å². The Balaban J connectivity index is 0.00000145. The fraction of sp³-hybridized carbons (Fsp3) is 0.571. The summed E-state index contributed by atoms with van der Waals surface area (Å²) in [5.41, 5.74) is 9.22. The van der Waals surface area contributed by atoms with Gasteiger partial charge in [-0.2, -0.15) is 0 Å². The van der Waals surface area contributed by atoms with Gasteiger partial charge < -0.3 is 21.7 Å². The molecule has 0 radical (unpaired) electrons. The highest BCUT2D eigenvalue weighted by molar-refractivity contribution is 5.80. The van der Waals surface area contributed by atoms with E-state index in [9.17, 15) is 0 Å². The Kier molecular flexibility index (Phi) is 12.5. The minimum Gasteiger partial charge on any atom is -0.397 e. The first-order valence-electron chi connectivity index (χ1n) is 13.1. The summed E-state index contributed by atoms with van der Waals surface area (Å²) in [7, 11) is 0. The van der Waals surface area contributed by atoms with Crippen molar-refractivity contribution in [1.82, 2.24) is 20.6 Å². The molecule has 0 saturated heterocycles. The maximum Gasteiger partial charge on any atom is 0.136 e. The average molecular weight is 487 g/mol. The van der Waals surface area contributed by atoms with Crippen molar-refractivity contribution in [3.8, 4) is 11.1 Å². The summed E-state index contributed by atoms with van der Waals surface area (Å²) in [5, 5.41) is 9.54. The predicted molar refractivity (Wildman–Crippen MR) is 149 cm³/mol. The van der Waals surface area contributed by atoms with E-state index < -0.39 is 0 Å². The first-order valence-corrected chi connectivity index (χ1v) is 13.1. The summed E-state index contributed by atoms with van der Waals surface area (Å²) in [4.78, 5) is 8.94. The lowest BCUT2D eigenvalue weighted by Crippen LogP contribution is -2.30. The second-order valence-corrected chi connectivity index (χ2v) is 9.18. The normalized spacial score (nSPS) is 13.2. The molecule has 0 aliphatic heterocycles. The first-order chi connectivity index (χ1) is 16.7. The quantitative estimate of drug-likeness (QED) is 0.239. The number of anilines is 2. The van der Waals surface area contributed by atoms with Crippen LogP contribution in [0.3, 0.4) is 0 Å². The summed E-state index contributed by atoms with van der Waals surface area (Å²) in [6.45, 7) is 21.3. The van der Waals surface area contributed by atoms with Gasteiger partial charge in [-0.15, -0.1) is 0 Å². The zero-order chi connectivity index (χ0) is 26.6. The van der Waals surface area contributed by atoms with Gasteiger partial charge in [-0.05, 0) is 31.7 Å². The lowest BCUT2D eigenvalue weighted by molar-refractivity contribution is 0.545. The summed E-state index contributed by atoms with van der Waals surface area (Å²) in [6, 6.07) is 1.69. The Hall–Kier alpha value is -2.83. The van der Waals surface area contributed by atoms with Crippen molar-refractivity contribution < 1.29 is 4.39 Å². The van der Waals surface area contributed by atoms with Crippen LogP contribution in [0.2, 0.25) is 0 Å². The lowest BCUT2D eigenvalue weighted by Gasteiger charge is -2.23. The standard InChI is InChI=1S/C24H35FN6.2C2H6/c1-6-27-15(2)30-14-31-22-19(26)11-18(21(25)20(22)16-9-7-8-10-16)17-12-28-23(29-13-17)24(3,4)5;2*1-2/h11-13,16,27,30-31H,2,6-10,14,26H2,1,3-5H3;2*1-2H3. The number of hydrogen-bond acceptors (Lipinski definition) is 6. The van der Waals surface area contributed by atoms with E-state index in [-0.39, 0.29) is 17.2 Å². The number of hydrogen-bond donors (Lipinski definition) is 4. The van der Waals surface area contributed by atoms with Crippen LogP contribution < -0.4 is 21.7 Å². The zero-order valence-corrected chi connectivity index (χ0v) is 23.1. The number of rotatable bonds is 8. The van der Waals surface area contributed by atoms with E-state index in [1.165, 1.54) is 0 Å². The third kappa shape index (κ3) is 8.11. The Morgan fingerprint density at radius 2 is 1.66 bits per heavy atom. The molecule has 1 aliphatic rings. The third-order valence-corrected chi connectivity index (χ3v) is 5.68. The van der Waals surface area contributed by atoms with E-state index in [1.807, 2.05) is 34.6 Å². The topological polar surface area (TPSA) is 87.9 Å². The first kappa shape index (κ1) is 30.2. The van der Waals surface area contributed by atoms with Crippen LogP contribution >= 0.6 is 0 Å². The van der Waals surface area contributed by atoms with Crippen LogP contribution in [0.4, 0.5) is 15.8 Å². The van der Waals surface area contributed by atoms with Gasteiger partial charge in [-0.25, -0.2) is 14.4 Å². The van der Waals surface area contributed by atoms with Crippen molar-refractivity contribution in [1.29, 1.82) is 0 Å². The highest BCUT2D eigenvalue weighted by Crippen LogP contribution is 2.44. The van der Waals surface area contributed by atoms with Crippen molar-refractivity contribution in [3.05, 3.63) is 48.1 Å². The molecule has 1 aromatic carbocycles. The number of nitrogens with zero attached hydrogens (tertiary/aromatic N) is 2. The van der Waals surface area contributed by atoms with Crippen molar-refractivity contribution >= 4 is 11.4 Å². The highest BCUT2D eigenvalue weighted by atomic mass is 19.1. The maximum atomic E-state index is 15.9. The fourth-order valence-corrected chi connectivity index (χ4v) is 4.08. The Morgan fingerprint density at radius 1 is 1.09 bits per heavy atom.